The van der Waals surface area contributed by atoms with E-state index in [-0.39, 0.29) is 25.7 Å². The molecule has 2 aliphatic rings. The Hall–Kier alpha value is -1.38. The molecule has 0 spiro atoms. The summed E-state index contributed by atoms with van der Waals surface area (Å²) in [5.74, 6) is -2.61. The van der Waals surface area contributed by atoms with Crippen molar-refractivity contribution in [2.75, 3.05) is 13.1 Å². The van der Waals surface area contributed by atoms with Gasteiger partial charge in [-0.3, -0.25) is 0 Å². The Balaban J connectivity index is 0.00000141. The van der Waals surface area contributed by atoms with Crippen LogP contribution in [0, 0.1) is 16.7 Å². The van der Waals surface area contributed by atoms with E-state index in [1.165, 1.54) is 0 Å². The molecule has 4 nitrogen and oxygen atoms in total. The first-order valence-electron chi connectivity index (χ1n) is 7.64. The summed E-state index contributed by atoms with van der Waals surface area (Å²) < 4.78 is 25.3. The Bertz CT molecular complexity index is 396. The van der Waals surface area contributed by atoms with Crippen molar-refractivity contribution in [2.24, 2.45) is 5.41 Å². The fourth-order valence-electron chi connectivity index (χ4n) is 2.65. The summed E-state index contributed by atoms with van der Waals surface area (Å²) in [7, 11) is 0. The lowest BCUT2D eigenvalue weighted by Gasteiger charge is -2.40. The smallest absolute Gasteiger partial charge is 0.317 e. The monoisotopic (exact) mass is 303 g/mol. The molecule has 1 aliphatic carbocycles. The van der Waals surface area contributed by atoms with Crippen molar-refractivity contribution in [2.45, 2.75) is 64.8 Å². The number of carbonyl (C=O) groups excluding carboxylic acids is 1. The molecule has 0 aromatic rings. The summed E-state index contributed by atoms with van der Waals surface area (Å²) in [6.07, 6.45) is 1.57. The fourth-order valence-corrected chi connectivity index (χ4v) is 2.65. The first kappa shape index (κ1) is 17.7. The third-order valence-electron chi connectivity index (χ3n) is 4.18. The van der Waals surface area contributed by atoms with E-state index >= 15 is 0 Å². The highest BCUT2D eigenvalue weighted by atomic mass is 19.3. The van der Waals surface area contributed by atoms with Gasteiger partial charge in [-0.1, -0.05) is 20.8 Å². The van der Waals surface area contributed by atoms with Crippen LogP contribution in [0.5, 0.6) is 0 Å². The second kappa shape index (κ2) is 7.06. The van der Waals surface area contributed by atoms with Crippen LogP contribution in [0.3, 0.4) is 0 Å². The number of carbonyl (C=O) groups is 1. The van der Waals surface area contributed by atoms with Crippen LogP contribution in [0.4, 0.5) is 13.6 Å². The minimum atomic E-state index is -2.61. The normalized spacial score (nSPS) is 23.1. The van der Waals surface area contributed by atoms with Gasteiger partial charge in [-0.15, -0.1) is 0 Å². The maximum Gasteiger partial charge on any atom is 0.317 e. The van der Waals surface area contributed by atoms with Gasteiger partial charge < -0.3 is 10.2 Å². The highest BCUT2D eigenvalue weighted by Crippen LogP contribution is 2.38. The van der Waals surface area contributed by atoms with E-state index in [0.717, 1.165) is 12.8 Å². The van der Waals surface area contributed by atoms with Crippen molar-refractivity contribution in [1.82, 2.24) is 10.2 Å². The molecule has 0 aromatic heterocycles. The molecular weight excluding hydrogens is 276 g/mol. The van der Waals surface area contributed by atoms with E-state index in [9.17, 15) is 13.6 Å². The number of amides is 2. The Morgan fingerprint density at radius 1 is 1.38 bits per heavy atom. The number of hydrogen-bond acceptors (Lipinski definition) is 2. The van der Waals surface area contributed by atoms with Crippen molar-refractivity contribution in [3.05, 3.63) is 0 Å². The fraction of sp³-hybridized carbons (Fsp3) is 0.867. The number of rotatable bonds is 2. The van der Waals surface area contributed by atoms with Gasteiger partial charge in [-0.2, -0.15) is 5.26 Å². The number of nitriles is 1. The summed E-state index contributed by atoms with van der Waals surface area (Å²) >= 11 is 0. The first-order chi connectivity index (χ1) is 9.84. The van der Waals surface area contributed by atoms with Gasteiger partial charge in [0.2, 0.25) is 0 Å². The molecule has 1 saturated carbocycles. The molecule has 1 heterocycles. The molecule has 0 aromatic carbocycles. The summed E-state index contributed by atoms with van der Waals surface area (Å²) in [5, 5.41) is 11.4. The summed E-state index contributed by atoms with van der Waals surface area (Å²) in [6.45, 7) is 7.23. The maximum absolute atomic E-state index is 12.7. The number of alkyl halides is 2. The van der Waals surface area contributed by atoms with Crippen LogP contribution in [-0.2, 0) is 0 Å². The van der Waals surface area contributed by atoms with Gasteiger partial charge in [-0.25, -0.2) is 13.6 Å². The van der Waals surface area contributed by atoms with Gasteiger partial charge in [-0.05, 0) is 18.3 Å². The topological polar surface area (TPSA) is 56.1 Å². The lowest BCUT2D eigenvalue weighted by Crippen LogP contribution is -2.55. The predicted molar refractivity (Wildman–Crippen MR) is 79.1 cm³/mol. The van der Waals surface area contributed by atoms with Crippen LogP contribution in [0.15, 0.2) is 0 Å². The number of likely N-dealkylation sites (tertiary alicyclic amines) is 1. The first-order valence-corrected chi connectivity index (χ1v) is 7.64. The van der Waals surface area contributed by atoms with Crippen LogP contribution in [0.1, 0.15) is 54.3 Å². The number of hydrogen-bond donors (Lipinski definition) is 1. The number of piperidine rings is 1. The van der Waals surface area contributed by atoms with Gasteiger partial charge in [0.15, 0.2) is 0 Å². The SMILES string of the molecule is CC.CC1(CC#N)CCN(C(=O)NC2CC(F)(F)C2)CC1.[HH]. The molecule has 2 rings (SSSR count). The molecule has 2 fully saturated rings. The molecule has 1 aliphatic heterocycles. The highest BCUT2D eigenvalue weighted by Gasteiger charge is 2.46. The standard InChI is InChI=1S/C13H19F2N3O.C2H6.H2/c1-12(2-5-16)3-6-18(7-4-12)11(19)17-10-8-13(14,15)9-10;1-2;/h10H,2-4,6-9H2,1H3,(H,17,19);1-2H3;1H. The van der Waals surface area contributed by atoms with Crippen molar-refractivity contribution < 1.29 is 15.0 Å². The Labute approximate surface area is 127 Å². The lowest BCUT2D eigenvalue weighted by molar-refractivity contribution is -0.0904. The van der Waals surface area contributed by atoms with E-state index in [0.29, 0.717) is 19.5 Å². The van der Waals surface area contributed by atoms with Gasteiger partial charge in [0.05, 0.1) is 6.07 Å². The second-order valence-corrected chi connectivity index (χ2v) is 6.04. The van der Waals surface area contributed by atoms with Crippen LogP contribution < -0.4 is 5.32 Å². The third-order valence-corrected chi connectivity index (χ3v) is 4.18. The van der Waals surface area contributed by atoms with Crippen LogP contribution in [0.25, 0.3) is 0 Å². The van der Waals surface area contributed by atoms with Crippen LogP contribution in [0.2, 0.25) is 0 Å². The van der Waals surface area contributed by atoms with E-state index in [4.69, 9.17) is 5.26 Å². The van der Waals surface area contributed by atoms with Crippen molar-refractivity contribution in [1.29, 1.82) is 5.26 Å². The molecular formula is C15H27F2N3O. The molecule has 1 N–H and O–H groups in total. The number of nitrogens with zero attached hydrogens (tertiary/aromatic N) is 2. The van der Waals surface area contributed by atoms with E-state index < -0.39 is 12.0 Å². The van der Waals surface area contributed by atoms with Gasteiger partial charge in [0, 0.05) is 39.8 Å². The largest absolute Gasteiger partial charge is 0.335 e. The lowest BCUT2D eigenvalue weighted by atomic mass is 9.78. The second-order valence-electron chi connectivity index (χ2n) is 6.04. The molecule has 122 valence electrons. The van der Waals surface area contributed by atoms with E-state index in [1.54, 1.807) is 4.90 Å². The average molecular weight is 303 g/mol. The van der Waals surface area contributed by atoms with Crippen molar-refractivity contribution >= 4 is 6.03 Å². The van der Waals surface area contributed by atoms with E-state index in [2.05, 4.69) is 18.3 Å². The molecule has 0 bridgehead atoms. The van der Waals surface area contributed by atoms with Gasteiger partial charge in [0.25, 0.3) is 5.92 Å². The summed E-state index contributed by atoms with van der Waals surface area (Å²) in [5.41, 5.74) is -0.0188. The molecule has 2 amide bonds. The number of halogens is 2. The van der Waals surface area contributed by atoms with Crippen LogP contribution >= 0.6 is 0 Å². The number of urea groups is 1. The van der Waals surface area contributed by atoms with Crippen LogP contribution in [-0.4, -0.2) is 36.0 Å². The zero-order valence-electron chi connectivity index (χ0n) is 13.1. The zero-order valence-corrected chi connectivity index (χ0v) is 13.1. The molecule has 0 atom stereocenters. The Morgan fingerprint density at radius 2 is 1.90 bits per heavy atom. The molecule has 21 heavy (non-hydrogen) atoms. The minimum absolute atomic E-state index is 0. The third kappa shape index (κ3) is 4.83. The predicted octanol–water partition coefficient (Wildman–Crippen LogP) is 3.78. The summed E-state index contributed by atoms with van der Waals surface area (Å²) in [6, 6.07) is 1.54. The van der Waals surface area contributed by atoms with Gasteiger partial charge >= 0.3 is 6.03 Å². The number of nitrogens with one attached hydrogen (secondary N) is 1. The highest BCUT2D eigenvalue weighted by molar-refractivity contribution is 5.74. The maximum atomic E-state index is 12.7. The Morgan fingerprint density at radius 3 is 2.33 bits per heavy atom. The average Bonchev–Trinajstić information content (AvgIpc) is 2.39. The molecule has 6 heteroatoms. The molecule has 0 unspecified atom stereocenters. The van der Waals surface area contributed by atoms with Crippen molar-refractivity contribution in [3.8, 4) is 6.07 Å². The van der Waals surface area contributed by atoms with Crippen molar-refractivity contribution in [3.63, 3.8) is 0 Å². The molecule has 0 radical (unpaired) electrons. The summed E-state index contributed by atoms with van der Waals surface area (Å²) in [4.78, 5) is 13.5. The minimum Gasteiger partial charge on any atom is -0.335 e. The Kier molecular flexibility index (Phi) is 5.94. The zero-order chi connectivity index (χ0) is 16.1. The molecule has 1 saturated heterocycles. The van der Waals surface area contributed by atoms with E-state index in [1.807, 2.05) is 13.8 Å². The quantitative estimate of drug-likeness (QED) is 0.844. The van der Waals surface area contributed by atoms with Gasteiger partial charge in [0.1, 0.15) is 0 Å².